The molecule has 17 heavy (non-hydrogen) atoms. The van der Waals surface area contributed by atoms with Crippen LogP contribution in [0, 0.1) is 0 Å². The SMILES string of the molecule is CCNC(C)(C)C(=O)NCCCCOC(C)C. The number of carbonyl (C=O) groups is 1. The fourth-order valence-corrected chi connectivity index (χ4v) is 1.49. The van der Waals surface area contributed by atoms with E-state index in [2.05, 4.69) is 10.6 Å². The third-order valence-corrected chi connectivity index (χ3v) is 2.49. The molecular weight excluding hydrogens is 216 g/mol. The Labute approximate surface area is 105 Å². The van der Waals surface area contributed by atoms with Crippen molar-refractivity contribution in [1.82, 2.24) is 10.6 Å². The van der Waals surface area contributed by atoms with Crippen molar-refractivity contribution in [3.63, 3.8) is 0 Å². The summed E-state index contributed by atoms with van der Waals surface area (Å²) >= 11 is 0. The molecular formula is C13H28N2O2. The first-order chi connectivity index (χ1) is 7.90. The maximum atomic E-state index is 11.8. The van der Waals surface area contributed by atoms with E-state index in [4.69, 9.17) is 4.74 Å². The van der Waals surface area contributed by atoms with Crippen LogP contribution in [0.15, 0.2) is 0 Å². The van der Waals surface area contributed by atoms with E-state index in [1.54, 1.807) is 0 Å². The number of amides is 1. The van der Waals surface area contributed by atoms with Gasteiger partial charge in [0.25, 0.3) is 0 Å². The van der Waals surface area contributed by atoms with Crippen LogP contribution in [0.5, 0.6) is 0 Å². The zero-order valence-corrected chi connectivity index (χ0v) is 11.9. The molecule has 0 atom stereocenters. The summed E-state index contributed by atoms with van der Waals surface area (Å²) in [6, 6.07) is 0. The van der Waals surface area contributed by atoms with Gasteiger partial charge in [-0.2, -0.15) is 0 Å². The zero-order chi connectivity index (χ0) is 13.3. The van der Waals surface area contributed by atoms with E-state index in [0.29, 0.717) is 0 Å². The third-order valence-electron chi connectivity index (χ3n) is 2.49. The van der Waals surface area contributed by atoms with Crippen LogP contribution < -0.4 is 10.6 Å². The summed E-state index contributed by atoms with van der Waals surface area (Å²) in [4.78, 5) is 11.8. The highest BCUT2D eigenvalue weighted by atomic mass is 16.5. The molecule has 0 aromatic carbocycles. The second kappa shape index (κ2) is 8.48. The number of carbonyl (C=O) groups excluding carboxylic acids is 1. The van der Waals surface area contributed by atoms with Gasteiger partial charge >= 0.3 is 0 Å². The topological polar surface area (TPSA) is 50.4 Å². The van der Waals surface area contributed by atoms with Gasteiger partial charge in [0.1, 0.15) is 0 Å². The second-order valence-electron chi connectivity index (χ2n) is 5.04. The molecule has 102 valence electrons. The highest BCUT2D eigenvalue weighted by Gasteiger charge is 2.25. The minimum atomic E-state index is -0.483. The predicted octanol–water partition coefficient (Wildman–Crippen LogP) is 1.70. The van der Waals surface area contributed by atoms with E-state index in [9.17, 15) is 4.79 Å². The second-order valence-corrected chi connectivity index (χ2v) is 5.04. The van der Waals surface area contributed by atoms with Crippen molar-refractivity contribution >= 4 is 5.91 Å². The summed E-state index contributed by atoms with van der Waals surface area (Å²) in [7, 11) is 0. The van der Waals surface area contributed by atoms with Crippen molar-refractivity contribution in [2.75, 3.05) is 19.7 Å². The summed E-state index contributed by atoms with van der Waals surface area (Å²) in [6.07, 6.45) is 2.23. The fraction of sp³-hybridized carbons (Fsp3) is 0.923. The van der Waals surface area contributed by atoms with Gasteiger partial charge in [-0.25, -0.2) is 0 Å². The molecule has 4 heteroatoms. The lowest BCUT2D eigenvalue weighted by molar-refractivity contribution is -0.126. The highest BCUT2D eigenvalue weighted by molar-refractivity contribution is 5.85. The van der Waals surface area contributed by atoms with Crippen LogP contribution in [0.25, 0.3) is 0 Å². The van der Waals surface area contributed by atoms with Crippen LogP contribution in [0.3, 0.4) is 0 Å². The van der Waals surface area contributed by atoms with Gasteiger partial charge in [-0.1, -0.05) is 6.92 Å². The van der Waals surface area contributed by atoms with Crippen molar-refractivity contribution in [1.29, 1.82) is 0 Å². The number of hydrogen-bond acceptors (Lipinski definition) is 3. The molecule has 0 saturated carbocycles. The first-order valence-electron chi connectivity index (χ1n) is 6.55. The first kappa shape index (κ1) is 16.4. The highest BCUT2D eigenvalue weighted by Crippen LogP contribution is 2.01. The van der Waals surface area contributed by atoms with Gasteiger partial charge in [0.05, 0.1) is 11.6 Å². The zero-order valence-electron chi connectivity index (χ0n) is 11.9. The minimum absolute atomic E-state index is 0.0594. The van der Waals surface area contributed by atoms with Gasteiger partial charge < -0.3 is 15.4 Å². The van der Waals surface area contributed by atoms with Gasteiger partial charge in [-0.15, -0.1) is 0 Å². The molecule has 0 aliphatic rings. The molecule has 0 fully saturated rings. The summed E-state index contributed by atoms with van der Waals surface area (Å²) in [5.41, 5.74) is -0.483. The van der Waals surface area contributed by atoms with Gasteiger partial charge in [0.2, 0.25) is 5.91 Å². The van der Waals surface area contributed by atoms with E-state index >= 15 is 0 Å². The molecule has 0 bridgehead atoms. The quantitative estimate of drug-likeness (QED) is 0.607. The maximum absolute atomic E-state index is 11.8. The van der Waals surface area contributed by atoms with Crippen LogP contribution in [0.4, 0.5) is 0 Å². The van der Waals surface area contributed by atoms with Gasteiger partial charge in [0, 0.05) is 13.2 Å². The molecule has 0 saturated heterocycles. The Bertz CT molecular complexity index is 215. The molecule has 0 aliphatic carbocycles. The number of ether oxygens (including phenoxy) is 1. The standard InChI is InChI=1S/C13H28N2O2/c1-6-15-13(4,5)12(16)14-9-7-8-10-17-11(2)3/h11,15H,6-10H2,1-5H3,(H,14,16). The molecule has 0 rings (SSSR count). The lowest BCUT2D eigenvalue weighted by Gasteiger charge is -2.24. The lowest BCUT2D eigenvalue weighted by Crippen LogP contribution is -2.52. The monoisotopic (exact) mass is 244 g/mol. The van der Waals surface area contributed by atoms with E-state index in [1.807, 2.05) is 34.6 Å². The molecule has 1 amide bonds. The van der Waals surface area contributed by atoms with Crippen molar-refractivity contribution < 1.29 is 9.53 Å². The van der Waals surface area contributed by atoms with Crippen LogP contribution in [-0.2, 0) is 9.53 Å². The summed E-state index contributed by atoms with van der Waals surface area (Å²) in [5, 5.41) is 6.09. The largest absolute Gasteiger partial charge is 0.379 e. The lowest BCUT2D eigenvalue weighted by atomic mass is 10.0. The number of likely N-dealkylation sites (N-methyl/N-ethyl adjacent to an activating group) is 1. The van der Waals surface area contributed by atoms with Gasteiger partial charge in [-0.3, -0.25) is 4.79 Å². The first-order valence-corrected chi connectivity index (χ1v) is 6.55. The van der Waals surface area contributed by atoms with E-state index in [1.165, 1.54) is 0 Å². The average molecular weight is 244 g/mol. The van der Waals surface area contributed by atoms with Crippen LogP contribution in [0.1, 0.15) is 47.5 Å². The average Bonchev–Trinajstić information content (AvgIpc) is 2.22. The Morgan fingerprint density at radius 3 is 2.47 bits per heavy atom. The number of hydrogen-bond donors (Lipinski definition) is 2. The summed E-state index contributed by atoms with van der Waals surface area (Å²) in [6.45, 7) is 12.1. The molecule has 0 aromatic heterocycles. The molecule has 0 spiro atoms. The van der Waals surface area contributed by atoms with Crippen molar-refractivity contribution in [3.05, 3.63) is 0 Å². The maximum Gasteiger partial charge on any atom is 0.239 e. The molecule has 4 nitrogen and oxygen atoms in total. The third kappa shape index (κ3) is 8.16. The molecule has 0 unspecified atom stereocenters. The van der Waals surface area contributed by atoms with Crippen molar-refractivity contribution in [2.24, 2.45) is 0 Å². The Hall–Kier alpha value is -0.610. The van der Waals surface area contributed by atoms with E-state index in [0.717, 1.165) is 32.5 Å². The summed E-state index contributed by atoms with van der Waals surface area (Å²) in [5.74, 6) is 0.0594. The molecule has 0 aromatic rings. The van der Waals surface area contributed by atoms with E-state index in [-0.39, 0.29) is 12.0 Å². The summed E-state index contributed by atoms with van der Waals surface area (Å²) < 4.78 is 5.43. The Kier molecular flexibility index (Phi) is 8.17. The number of nitrogens with one attached hydrogen (secondary N) is 2. The molecule has 0 aliphatic heterocycles. The predicted molar refractivity (Wildman–Crippen MR) is 71.1 cm³/mol. The van der Waals surface area contributed by atoms with Crippen molar-refractivity contribution in [2.45, 2.75) is 59.1 Å². The van der Waals surface area contributed by atoms with Crippen LogP contribution in [-0.4, -0.2) is 37.2 Å². The molecule has 2 N–H and O–H groups in total. The Morgan fingerprint density at radius 2 is 1.94 bits per heavy atom. The normalized spacial score (nSPS) is 11.9. The van der Waals surface area contributed by atoms with Gasteiger partial charge in [0.15, 0.2) is 0 Å². The Morgan fingerprint density at radius 1 is 1.29 bits per heavy atom. The van der Waals surface area contributed by atoms with Crippen molar-refractivity contribution in [3.8, 4) is 0 Å². The van der Waals surface area contributed by atoms with Crippen LogP contribution in [0.2, 0.25) is 0 Å². The molecule has 0 radical (unpaired) electrons. The number of unbranched alkanes of at least 4 members (excludes halogenated alkanes) is 1. The van der Waals surface area contributed by atoms with Gasteiger partial charge in [-0.05, 0) is 47.1 Å². The molecule has 0 heterocycles. The smallest absolute Gasteiger partial charge is 0.239 e. The number of rotatable bonds is 9. The van der Waals surface area contributed by atoms with Crippen LogP contribution >= 0.6 is 0 Å². The van der Waals surface area contributed by atoms with E-state index < -0.39 is 5.54 Å². The minimum Gasteiger partial charge on any atom is -0.379 e. The Balaban J connectivity index is 3.58. The fourth-order valence-electron chi connectivity index (χ4n) is 1.49.